The summed E-state index contributed by atoms with van der Waals surface area (Å²) < 4.78 is 0. The molecule has 1 aliphatic rings. The first-order valence-corrected chi connectivity index (χ1v) is 10.6. The average molecular weight is 507 g/mol. The van der Waals surface area contributed by atoms with Gasteiger partial charge in [-0.15, -0.1) is 24.0 Å². The number of hydrogen-bond donors (Lipinski definition) is 2. The first-order valence-electron chi connectivity index (χ1n) is 10.6. The summed E-state index contributed by atoms with van der Waals surface area (Å²) in [7, 11) is 0. The maximum Gasteiger partial charge on any atom is 0.191 e. The normalized spacial score (nSPS) is 15.6. The van der Waals surface area contributed by atoms with Crippen molar-refractivity contribution in [3.8, 4) is 11.3 Å². The van der Waals surface area contributed by atoms with Crippen molar-refractivity contribution in [2.75, 3.05) is 26.2 Å². The van der Waals surface area contributed by atoms with Crippen molar-refractivity contribution in [1.82, 2.24) is 20.5 Å². The Labute approximate surface area is 192 Å². The van der Waals surface area contributed by atoms with E-state index < -0.39 is 0 Å². The van der Waals surface area contributed by atoms with Crippen molar-refractivity contribution < 1.29 is 0 Å². The Balaban J connectivity index is 0.00000300. The topological polar surface area (TPSA) is 52.5 Å². The van der Waals surface area contributed by atoms with E-state index in [1.165, 1.54) is 44.5 Å². The molecule has 29 heavy (non-hydrogen) atoms. The van der Waals surface area contributed by atoms with Crippen LogP contribution in [0.5, 0.6) is 0 Å². The van der Waals surface area contributed by atoms with Gasteiger partial charge in [-0.05, 0) is 56.5 Å². The zero-order valence-corrected chi connectivity index (χ0v) is 19.9. The average Bonchev–Trinajstić information content (AvgIpc) is 2.75. The van der Waals surface area contributed by atoms with Gasteiger partial charge in [0.2, 0.25) is 0 Å². The fourth-order valence-electron chi connectivity index (χ4n) is 3.66. The lowest BCUT2D eigenvalue weighted by Gasteiger charge is -2.32. The van der Waals surface area contributed by atoms with Crippen molar-refractivity contribution in [3.63, 3.8) is 0 Å². The van der Waals surface area contributed by atoms with Crippen LogP contribution in [-0.4, -0.2) is 48.1 Å². The number of rotatable bonds is 7. The number of hydrogen-bond acceptors (Lipinski definition) is 3. The van der Waals surface area contributed by atoms with Gasteiger partial charge in [0.1, 0.15) is 0 Å². The molecule has 1 aliphatic heterocycles. The molecular formula is C23H34IN5. The summed E-state index contributed by atoms with van der Waals surface area (Å²) in [5.74, 6) is 0.916. The van der Waals surface area contributed by atoms with Gasteiger partial charge in [-0.25, -0.2) is 4.99 Å². The summed E-state index contributed by atoms with van der Waals surface area (Å²) in [6, 6.07) is 15.0. The predicted octanol–water partition coefficient (Wildman–Crippen LogP) is 4.30. The summed E-state index contributed by atoms with van der Waals surface area (Å²) in [4.78, 5) is 11.8. The van der Waals surface area contributed by atoms with E-state index in [0.717, 1.165) is 23.8 Å². The van der Waals surface area contributed by atoms with Crippen LogP contribution in [0.4, 0.5) is 0 Å². The number of benzene rings is 1. The van der Waals surface area contributed by atoms with Gasteiger partial charge in [0, 0.05) is 37.4 Å². The fourth-order valence-corrected chi connectivity index (χ4v) is 3.66. The van der Waals surface area contributed by atoms with Gasteiger partial charge in [0.15, 0.2) is 5.96 Å². The molecule has 0 saturated carbocycles. The summed E-state index contributed by atoms with van der Waals surface area (Å²) in [6.45, 7) is 9.46. The summed E-state index contributed by atoms with van der Waals surface area (Å²) in [5.41, 5.74) is 3.32. The Kier molecular flexibility index (Phi) is 10.4. The van der Waals surface area contributed by atoms with Crippen LogP contribution in [0.2, 0.25) is 0 Å². The van der Waals surface area contributed by atoms with Crippen LogP contribution in [0, 0.1) is 0 Å². The molecule has 0 amide bonds. The van der Waals surface area contributed by atoms with Gasteiger partial charge in [0.25, 0.3) is 0 Å². The van der Waals surface area contributed by atoms with Crippen molar-refractivity contribution >= 4 is 29.9 Å². The number of piperidine rings is 1. The molecule has 158 valence electrons. The molecule has 1 aromatic carbocycles. The van der Waals surface area contributed by atoms with E-state index in [2.05, 4.69) is 58.6 Å². The second kappa shape index (κ2) is 12.8. The van der Waals surface area contributed by atoms with Gasteiger partial charge in [-0.2, -0.15) is 0 Å². The molecule has 0 bridgehead atoms. The SMILES string of the molecule is CCCN1CCC(NC(=NCc2cccc(-c3ccccn3)c2)NCC)CC1.I. The van der Waals surface area contributed by atoms with Crippen molar-refractivity contribution in [2.45, 2.75) is 45.7 Å². The molecule has 0 radical (unpaired) electrons. The number of halogens is 1. The van der Waals surface area contributed by atoms with E-state index in [1.807, 2.05) is 24.4 Å². The molecule has 0 spiro atoms. The number of nitrogens with one attached hydrogen (secondary N) is 2. The highest BCUT2D eigenvalue weighted by molar-refractivity contribution is 14.0. The maximum absolute atomic E-state index is 4.83. The van der Waals surface area contributed by atoms with Gasteiger partial charge in [-0.1, -0.05) is 31.2 Å². The first-order chi connectivity index (χ1) is 13.8. The van der Waals surface area contributed by atoms with Crippen molar-refractivity contribution in [3.05, 3.63) is 54.2 Å². The number of guanidine groups is 1. The van der Waals surface area contributed by atoms with Crippen LogP contribution in [-0.2, 0) is 6.54 Å². The molecule has 0 aliphatic carbocycles. The lowest BCUT2D eigenvalue weighted by Crippen LogP contribution is -2.48. The van der Waals surface area contributed by atoms with E-state index in [9.17, 15) is 0 Å². The quantitative estimate of drug-likeness (QED) is 0.334. The minimum absolute atomic E-state index is 0. The van der Waals surface area contributed by atoms with Crippen molar-refractivity contribution in [2.24, 2.45) is 4.99 Å². The van der Waals surface area contributed by atoms with Gasteiger partial charge in [0.05, 0.1) is 12.2 Å². The zero-order valence-electron chi connectivity index (χ0n) is 17.6. The van der Waals surface area contributed by atoms with Crippen LogP contribution >= 0.6 is 24.0 Å². The van der Waals surface area contributed by atoms with Crippen LogP contribution < -0.4 is 10.6 Å². The lowest BCUT2D eigenvalue weighted by atomic mass is 10.1. The fraction of sp³-hybridized carbons (Fsp3) is 0.478. The minimum Gasteiger partial charge on any atom is -0.357 e. The maximum atomic E-state index is 4.83. The third kappa shape index (κ3) is 7.59. The summed E-state index contributed by atoms with van der Waals surface area (Å²) in [5, 5.41) is 7.03. The van der Waals surface area contributed by atoms with Gasteiger partial charge in [-0.3, -0.25) is 4.98 Å². The molecule has 0 unspecified atom stereocenters. The van der Waals surface area contributed by atoms with E-state index in [-0.39, 0.29) is 24.0 Å². The van der Waals surface area contributed by atoms with E-state index in [0.29, 0.717) is 12.6 Å². The predicted molar refractivity (Wildman–Crippen MR) is 133 cm³/mol. The minimum atomic E-state index is 0. The molecule has 6 heteroatoms. The lowest BCUT2D eigenvalue weighted by molar-refractivity contribution is 0.206. The number of pyridine rings is 1. The number of likely N-dealkylation sites (tertiary alicyclic amines) is 1. The Morgan fingerprint density at radius 1 is 1.14 bits per heavy atom. The van der Waals surface area contributed by atoms with Gasteiger partial charge < -0.3 is 15.5 Å². The molecule has 2 N–H and O–H groups in total. The second-order valence-electron chi connectivity index (χ2n) is 7.37. The largest absolute Gasteiger partial charge is 0.357 e. The summed E-state index contributed by atoms with van der Waals surface area (Å²) in [6.07, 6.45) is 5.43. The highest BCUT2D eigenvalue weighted by atomic mass is 127. The summed E-state index contributed by atoms with van der Waals surface area (Å²) >= 11 is 0. The molecule has 1 saturated heterocycles. The highest BCUT2D eigenvalue weighted by Gasteiger charge is 2.19. The van der Waals surface area contributed by atoms with Crippen LogP contribution in [0.1, 0.15) is 38.7 Å². The number of aliphatic imine (C=N–C) groups is 1. The molecule has 1 fully saturated rings. The zero-order chi connectivity index (χ0) is 19.6. The second-order valence-corrected chi connectivity index (χ2v) is 7.37. The number of aromatic nitrogens is 1. The van der Waals surface area contributed by atoms with E-state index >= 15 is 0 Å². The molecule has 1 aromatic heterocycles. The number of nitrogens with zero attached hydrogens (tertiary/aromatic N) is 3. The molecule has 0 atom stereocenters. The Morgan fingerprint density at radius 3 is 2.66 bits per heavy atom. The van der Waals surface area contributed by atoms with E-state index in [4.69, 9.17) is 4.99 Å². The smallest absolute Gasteiger partial charge is 0.191 e. The van der Waals surface area contributed by atoms with Crippen LogP contribution in [0.25, 0.3) is 11.3 Å². The van der Waals surface area contributed by atoms with Crippen LogP contribution in [0.3, 0.4) is 0 Å². The first kappa shape index (κ1) is 23.6. The van der Waals surface area contributed by atoms with Crippen LogP contribution in [0.15, 0.2) is 53.7 Å². The Hall–Kier alpha value is -1.67. The highest BCUT2D eigenvalue weighted by Crippen LogP contribution is 2.18. The van der Waals surface area contributed by atoms with Gasteiger partial charge >= 0.3 is 0 Å². The Bertz CT molecular complexity index is 742. The third-order valence-electron chi connectivity index (χ3n) is 5.12. The Morgan fingerprint density at radius 2 is 1.97 bits per heavy atom. The molecule has 2 aromatic rings. The third-order valence-corrected chi connectivity index (χ3v) is 5.12. The monoisotopic (exact) mass is 507 g/mol. The van der Waals surface area contributed by atoms with Crippen molar-refractivity contribution in [1.29, 1.82) is 0 Å². The molecule has 2 heterocycles. The molecular weight excluding hydrogens is 473 g/mol. The molecule has 3 rings (SSSR count). The van der Waals surface area contributed by atoms with E-state index in [1.54, 1.807) is 0 Å². The standard InChI is InChI=1S/C23H33N5.HI/c1-3-14-28-15-11-21(12-16-28)27-23(24-4-2)26-18-19-8-7-9-20(17-19)22-10-5-6-13-25-22;/h5-10,13,17,21H,3-4,11-12,14-16,18H2,1-2H3,(H2,24,26,27);1H. The molecule has 5 nitrogen and oxygen atoms in total.